The first-order chi connectivity index (χ1) is 14.1. The van der Waals surface area contributed by atoms with Crippen molar-refractivity contribution in [2.75, 3.05) is 19.6 Å². The first kappa shape index (κ1) is 27.0. The molecule has 9 heteroatoms. The van der Waals surface area contributed by atoms with Crippen LogP contribution in [0, 0.1) is 0 Å². The summed E-state index contributed by atoms with van der Waals surface area (Å²) in [5.74, 6) is 0.729. The van der Waals surface area contributed by atoms with Gasteiger partial charge in [0.05, 0.1) is 29.4 Å². The number of alkyl carbamates (subject to hydrolysis) is 1. The molecule has 31 heavy (non-hydrogen) atoms. The Morgan fingerprint density at radius 2 is 1.87 bits per heavy atom. The molecule has 0 saturated carbocycles. The molecule has 0 aliphatic carbocycles. The second kappa shape index (κ2) is 12.1. The fourth-order valence-electron chi connectivity index (χ4n) is 2.88. The first-order valence-corrected chi connectivity index (χ1v) is 10.5. The molecule has 1 aromatic heterocycles. The van der Waals surface area contributed by atoms with Crippen LogP contribution in [0.3, 0.4) is 0 Å². The van der Waals surface area contributed by atoms with Crippen molar-refractivity contribution < 1.29 is 9.53 Å². The van der Waals surface area contributed by atoms with Crippen LogP contribution < -0.4 is 16.0 Å². The zero-order chi connectivity index (χ0) is 22.2. The average molecular weight is 544 g/mol. The van der Waals surface area contributed by atoms with Gasteiger partial charge in [-0.25, -0.2) is 9.78 Å². The van der Waals surface area contributed by atoms with Gasteiger partial charge in [-0.05, 0) is 60.1 Å². The van der Waals surface area contributed by atoms with Crippen LogP contribution in [-0.2, 0) is 11.3 Å². The number of nitrogens with zero attached hydrogens (tertiary/aromatic N) is 3. The number of guanidine groups is 1. The Bertz CT molecular complexity index is 857. The van der Waals surface area contributed by atoms with E-state index in [1.165, 1.54) is 0 Å². The molecule has 0 radical (unpaired) electrons. The minimum Gasteiger partial charge on any atom is -0.444 e. The number of rotatable bonds is 8. The maximum Gasteiger partial charge on any atom is 0.408 e. The number of amides is 1. The molecule has 0 unspecified atom stereocenters. The average Bonchev–Trinajstić information content (AvgIpc) is 3.04. The highest BCUT2D eigenvalue weighted by Gasteiger charge is 2.24. The molecule has 0 atom stereocenters. The fourth-order valence-corrected chi connectivity index (χ4v) is 2.88. The first-order valence-electron chi connectivity index (χ1n) is 10.5. The molecule has 1 heterocycles. The lowest BCUT2D eigenvalue weighted by Gasteiger charge is -2.27. The van der Waals surface area contributed by atoms with Gasteiger partial charge < -0.3 is 25.3 Å². The Kier molecular flexibility index (Phi) is 10.5. The van der Waals surface area contributed by atoms with Gasteiger partial charge in [0.1, 0.15) is 5.60 Å². The number of halogens is 1. The van der Waals surface area contributed by atoms with E-state index in [-0.39, 0.29) is 24.0 Å². The van der Waals surface area contributed by atoms with Crippen molar-refractivity contribution in [1.82, 2.24) is 25.5 Å². The number of hydrogen-bond donors (Lipinski definition) is 3. The summed E-state index contributed by atoms with van der Waals surface area (Å²) >= 11 is 0. The van der Waals surface area contributed by atoms with Crippen molar-refractivity contribution in [3.05, 3.63) is 30.6 Å². The van der Waals surface area contributed by atoms with Gasteiger partial charge >= 0.3 is 6.09 Å². The van der Waals surface area contributed by atoms with E-state index in [9.17, 15) is 4.79 Å². The Morgan fingerprint density at radius 1 is 1.16 bits per heavy atom. The summed E-state index contributed by atoms with van der Waals surface area (Å²) < 4.78 is 7.50. The minimum atomic E-state index is -0.527. The summed E-state index contributed by atoms with van der Waals surface area (Å²) in [6, 6.07) is 8.13. The summed E-state index contributed by atoms with van der Waals surface area (Å²) in [7, 11) is 0. The van der Waals surface area contributed by atoms with Gasteiger partial charge in [-0.15, -0.1) is 24.0 Å². The van der Waals surface area contributed by atoms with E-state index in [1.807, 2.05) is 66.1 Å². The third-order valence-corrected chi connectivity index (χ3v) is 4.21. The molecule has 3 N–H and O–H groups in total. The van der Waals surface area contributed by atoms with Crippen LogP contribution in [0.15, 0.2) is 35.6 Å². The Labute approximate surface area is 202 Å². The number of ether oxygens (including phenoxy) is 1. The summed E-state index contributed by atoms with van der Waals surface area (Å²) in [6.07, 6.45) is 2.38. The molecular weight excluding hydrogens is 507 g/mol. The quantitative estimate of drug-likeness (QED) is 0.203. The molecule has 2 rings (SSSR count). The second-order valence-corrected chi connectivity index (χ2v) is 8.91. The van der Waals surface area contributed by atoms with Crippen LogP contribution in [-0.4, -0.2) is 52.4 Å². The number of carbonyl (C=O) groups is 1. The third kappa shape index (κ3) is 9.75. The van der Waals surface area contributed by atoms with Gasteiger partial charge in [-0.3, -0.25) is 4.99 Å². The standard InChI is InChI=1S/C22H36N6O2.HI/c1-7-23-19(25-15-22(5,6)27-20(29)30-21(2,3)4)24-13-10-14-28-16-26-17-11-8-9-12-18(17)28;/h8-9,11-12,16H,7,10,13-15H2,1-6H3,(H,27,29)(H2,23,24,25);1H. The van der Waals surface area contributed by atoms with Crippen LogP contribution in [0.1, 0.15) is 48.0 Å². The predicted molar refractivity (Wildman–Crippen MR) is 137 cm³/mol. The van der Waals surface area contributed by atoms with Crippen LogP contribution in [0.2, 0.25) is 0 Å². The molecule has 0 aliphatic heterocycles. The summed E-state index contributed by atoms with van der Waals surface area (Å²) in [5, 5.41) is 9.48. The van der Waals surface area contributed by atoms with Gasteiger partial charge in [0.25, 0.3) is 0 Å². The largest absolute Gasteiger partial charge is 0.444 e. The van der Waals surface area contributed by atoms with E-state index in [2.05, 4.69) is 36.6 Å². The molecule has 8 nitrogen and oxygen atoms in total. The summed E-state index contributed by atoms with van der Waals surface area (Å²) in [6.45, 7) is 14.2. The highest BCUT2D eigenvalue weighted by molar-refractivity contribution is 14.0. The van der Waals surface area contributed by atoms with Crippen molar-refractivity contribution >= 4 is 47.1 Å². The normalized spacial score (nSPS) is 12.3. The van der Waals surface area contributed by atoms with Gasteiger partial charge in [0.15, 0.2) is 5.96 Å². The van der Waals surface area contributed by atoms with E-state index in [0.717, 1.165) is 43.0 Å². The maximum atomic E-state index is 12.0. The molecule has 0 saturated heterocycles. The highest BCUT2D eigenvalue weighted by Crippen LogP contribution is 2.12. The Balaban J connectivity index is 0.00000480. The van der Waals surface area contributed by atoms with Gasteiger partial charge in [-0.1, -0.05) is 12.1 Å². The number of nitrogens with one attached hydrogen (secondary N) is 3. The number of aliphatic imine (C=N–C) groups is 1. The minimum absolute atomic E-state index is 0. The van der Waals surface area contributed by atoms with Crippen molar-refractivity contribution in [3.8, 4) is 0 Å². The lowest BCUT2D eigenvalue weighted by atomic mass is 10.1. The zero-order valence-electron chi connectivity index (χ0n) is 19.5. The molecule has 1 aromatic carbocycles. The van der Waals surface area contributed by atoms with Gasteiger partial charge in [-0.2, -0.15) is 0 Å². The molecule has 0 spiro atoms. The summed E-state index contributed by atoms with van der Waals surface area (Å²) in [5.41, 5.74) is 1.11. The van der Waals surface area contributed by atoms with Crippen molar-refractivity contribution in [3.63, 3.8) is 0 Å². The smallest absolute Gasteiger partial charge is 0.408 e. The predicted octanol–water partition coefficient (Wildman–Crippen LogP) is 3.90. The topological polar surface area (TPSA) is 92.6 Å². The number of carbonyl (C=O) groups excluding carboxylic acids is 1. The van der Waals surface area contributed by atoms with Gasteiger partial charge in [0.2, 0.25) is 0 Å². The van der Waals surface area contributed by atoms with Crippen molar-refractivity contribution in [1.29, 1.82) is 0 Å². The Hall–Kier alpha value is -2.04. The highest BCUT2D eigenvalue weighted by atomic mass is 127. The van der Waals surface area contributed by atoms with Crippen LogP contribution in [0.4, 0.5) is 4.79 Å². The molecule has 0 bridgehead atoms. The molecule has 0 aliphatic rings. The number of imidazole rings is 1. The van der Waals surface area contributed by atoms with Crippen LogP contribution >= 0.6 is 24.0 Å². The number of para-hydroxylation sites is 2. The fraction of sp³-hybridized carbons (Fsp3) is 0.591. The van der Waals surface area contributed by atoms with E-state index >= 15 is 0 Å². The number of benzene rings is 1. The second-order valence-electron chi connectivity index (χ2n) is 8.91. The van der Waals surface area contributed by atoms with E-state index in [4.69, 9.17) is 4.74 Å². The van der Waals surface area contributed by atoms with Crippen LogP contribution in [0.25, 0.3) is 11.0 Å². The maximum absolute atomic E-state index is 12.0. The Morgan fingerprint density at radius 3 is 2.55 bits per heavy atom. The lowest BCUT2D eigenvalue weighted by Crippen LogP contribution is -2.49. The van der Waals surface area contributed by atoms with E-state index in [1.54, 1.807) is 0 Å². The van der Waals surface area contributed by atoms with E-state index in [0.29, 0.717) is 6.54 Å². The molecule has 1 amide bonds. The van der Waals surface area contributed by atoms with Crippen LogP contribution in [0.5, 0.6) is 0 Å². The number of aromatic nitrogens is 2. The van der Waals surface area contributed by atoms with Gasteiger partial charge in [0, 0.05) is 19.6 Å². The molecule has 2 aromatic rings. The SMILES string of the molecule is CCNC(=NCC(C)(C)NC(=O)OC(C)(C)C)NCCCn1cnc2ccccc21.I. The van der Waals surface area contributed by atoms with Crippen molar-refractivity contribution in [2.24, 2.45) is 4.99 Å². The van der Waals surface area contributed by atoms with E-state index < -0.39 is 17.2 Å². The number of hydrogen-bond acceptors (Lipinski definition) is 4. The third-order valence-electron chi connectivity index (χ3n) is 4.21. The lowest BCUT2D eigenvalue weighted by molar-refractivity contribution is 0.0476. The molecule has 0 fully saturated rings. The summed E-state index contributed by atoms with van der Waals surface area (Å²) in [4.78, 5) is 21.1. The zero-order valence-corrected chi connectivity index (χ0v) is 21.8. The van der Waals surface area contributed by atoms with Crippen molar-refractivity contribution in [2.45, 2.75) is 65.6 Å². The number of fused-ring (bicyclic) bond motifs is 1. The number of aryl methyl sites for hydroxylation is 1. The molecule has 174 valence electrons. The monoisotopic (exact) mass is 544 g/mol. The molecular formula is C22H37IN6O2.